The molecule has 4 nitrogen and oxygen atoms in total. The minimum Gasteiger partial charge on any atom is -0.384 e. The molecule has 0 spiro atoms. The third-order valence-electron chi connectivity index (χ3n) is 3.25. The van der Waals surface area contributed by atoms with E-state index in [9.17, 15) is 4.79 Å². The fourth-order valence-electron chi connectivity index (χ4n) is 1.82. The summed E-state index contributed by atoms with van der Waals surface area (Å²) in [6.07, 6.45) is 2.04. The van der Waals surface area contributed by atoms with Crippen LogP contribution in [0.4, 0.5) is 5.82 Å². The van der Waals surface area contributed by atoms with Crippen molar-refractivity contribution in [2.24, 2.45) is 0 Å². The van der Waals surface area contributed by atoms with E-state index < -0.39 is 0 Å². The number of nitrogen functional groups attached to an aromatic ring is 1. The van der Waals surface area contributed by atoms with Crippen LogP contribution in [0.25, 0.3) is 0 Å². The molecule has 0 bridgehead atoms. The zero-order valence-corrected chi connectivity index (χ0v) is 14.0. The molecule has 20 heavy (non-hydrogen) atoms. The van der Waals surface area contributed by atoms with Crippen molar-refractivity contribution in [3.8, 4) is 0 Å². The normalized spacial score (nSPS) is 13.1. The van der Waals surface area contributed by atoms with Crippen LogP contribution < -0.4 is 5.73 Å². The number of amides is 1. The number of hydrogen-bond donors (Lipinski definition) is 1. The van der Waals surface area contributed by atoms with Crippen molar-refractivity contribution >= 4 is 23.5 Å². The van der Waals surface area contributed by atoms with Crippen LogP contribution >= 0.6 is 11.8 Å². The van der Waals surface area contributed by atoms with Gasteiger partial charge < -0.3 is 10.6 Å². The van der Waals surface area contributed by atoms with Crippen molar-refractivity contribution in [2.75, 3.05) is 24.8 Å². The molecule has 2 N–H and O–H groups in total. The molecule has 0 aliphatic heterocycles. The van der Waals surface area contributed by atoms with E-state index in [2.05, 4.69) is 25.8 Å². The Hall–Kier alpha value is -1.23. The minimum atomic E-state index is -0.131. The van der Waals surface area contributed by atoms with E-state index in [-0.39, 0.29) is 17.4 Å². The summed E-state index contributed by atoms with van der Waals surface area (Å²) in [4.78, 5) is 18.6. The van der Waals surface area contributed by atoms with E-state index in [1.54, 1.807) is 22.7 Å². The molecule has 5 heteroatoms. The number of pyridine rings is 1. The summed E-state index contributed by atoms with van der Waals surface area (Å²) in [6, 6.07) is 3.69. The van der Waals surface area contributed by atoms with Crippen molar-refractivity contribution in [3.63, 3.8) is 0 Å². The smallest absolute Gasteiger partial charge is 0.254 e. The number of hydrogen-bond acceptors (Lipinski definition) is 4. The van der Waals surface area contributed by atoms with Crippen molar-refractivity contribution in [2.45, 2.75) is 39.2 Å². The third-order valence-corrected chi connectivity index (χ3v) is 4.07. The van der Waals surface area contributed by atoms with E-state index >= 15 is 0 Å². The zero-order chi connectivity index (χ0) is 15.5. The van der Waals surface area contributed by atoms with Gasteiger partial charge in [-0.05, 0) is 25.3 Å². The zero-order valence-electron chi connectivity index (χ0n) is 13.2. The molecule has 0 radical (unpaired) electrons. The average Bonchev–Trinajstić information content (AvgIpc) is 2.35. The summed E-state index contributed by atoms with van der Waals surface area (Å²) in [6.45, 7) is 8.22. The number of carbonyl (C=O) groups excluding carboxylic acids is 1. The van der Waals surface area contributed by atoms with Gasteiger partial charge in [-0.15, -0.1) is 0 Å². The van der Waals surface area contributed by atoms with Crippen molar-refractivity contribution < 1.29 is 4.79 Å². The van der Waals surface area contributed by atoms with Crippen LogP contribution in [0.3, 0.4) is 0 Å². The predicted octanol–water partition coefficient (Wildman–Crippen LogP) is 2.78. The Kier molecular flexibility index (Phi) is 5.45. The number of carbonyl (C=O) groups is 1. The van der Waals surface area contributed by atoms with Crippen LogP contribution in [0.5, 0.6) is 0 Å². The van der Waals surface area contributed by atoms with Gasteiger partial charge in [0.2, 0.25) is 0 Å². The van der Waals surface area contributed by atoms with Crippen LogP contribution in [0.1, 0.15) is 43.7 Å². The Balaban J connectivity index is 3.07. The fourth-order valence-corrected chi connectivity index (χ4v) is 2.52. The lowest BCUT2D eigenvalue weighted by molar-refractivity contribution is 0.0757. The Morgan fingerprint density at radius 3 is 2.55 bits per heavy atom. The maximum absolute atomic E-state index is 12.5. The molecule has 1 amide bonds. The first-order valence-electron chi connectivity index (χ1n) is 6.71. The molecule has 0 aromatic carbocycles. The molecular formula is C15H25N3OS. The molecule has 0 aliphatic carbocycles. The van der Waals surface area contributed by atoms with Crippen molar-refractivity contribution in [1.82, 2.24) is 9.88 Å². The van der Waals surface area contributed by atoms with Gasteiger partial charge in [-0.1, -0.05) is 20.8 Å². The van der Waals surface area contributed by atoms with Gasteiger partial charge in [0, 0.05) is 35.5 Å². The molecule has 1 atom stereocenters. The Morgan fingerprint density at radius 1 is 1.45 bits per heavy atom. The molecule has 1 rings (SSSR count). The lowest BCUT2D eigenvalue weighted by Crippen LogP contribution is -2.36. The second kappa shape index (κ2) is 6.48. The molecule has 0 aliphatic rings. The molecule has 1 aromatic heterocycles. The van der Waals surface area contributed by atoms with Gasteiger partial charge in [0.05, 0.1) is 0 Å². The molecule has 1 unspecified atom stereocenters. The van der Waals surface area contributed by atoms with E-state index in [0.717, 1.165) is 11.4 Å². The Bertz CT molecular complexity index is 482. The summed E-state index contributed by atoms with van der Waals surface area (Å²) in [5.41, 5.74) is 7.16. The van der Waals surface area contributed by atoms with E-state index in [1.807, 2.05) is 26.3 Å². The number of aromatic nitrogens is 1. The van der Waals surface area contributed by atoms with E-state index in [4.69, 9.17) is 5.73 Å². The topological polar surface area (TPSA) is 59.2 Å². The Morgan fingerprint density at radius 2 is 2.05 bits per heavy atom. The highest BCUT2D eigenvalue weighted by Crippen LogP contribution is 2.23. The highest BCUT2D eigenvalue weighted by Gasteiger charge is 2.22. The molecular weight excluding hydrogens is 270 g/mol. The molecule has 0 fully saturated rings. The Labute approximate surface area is 126 Å². The number of thioether (sulfide) groups is 1. The van der Waals surface area contributed by atoms with Gasteiger partial charge in [0.15, 0.2) is 0 Å². The molecule has 1 heterocycles. The van der Waals surface area contributed by atoms with Crippen LogP contribution in [0.15, 0.2) is 12.1 Å². The third kappa shape index (κ3) is 4.13. The molecule has 112 valence electrons. The van der Waals surface area contributed by atoms with Gasteiger partial charge in [-0.2, -0.15) is 11.8 Å². The summed E-state index contributed by atoms with van der Waals surface area (Å²) >= 11 is 1.73. The monoisotopic (exact) mass is 295 g/mol. The largest absolute Gasteiger partial charge is 0.384 e. The molecule has 0 saturated carbocycles. The maximum Gasteiger partial charge on any atom is 0.254 e. The number of anilines is 1. The number of rotatable bonds is 4. The quantitative estimate of drug-likeness (QED) is 0.928. The SMILES string of the molecule is CSCC(C)N(C)C(=O)c1cc(N)nc(C(C)(C)C)c1. The first-order valence-corrected chi connectivity index (χ1v) is 8.10. The van der Waals surface area contributed by atoms with Gasteiger partial charge in [0.1, 0.15) is 5.82 Å². The van der Waals surface area contributed by atoms with Crippen LogP contribution in [0, 0.1) is 0 Å². The lowest BCUT2D eigenvalue weighted by Gasteiger charge is -2.25. The summed E-state index contributed by atoms with van der Waals surface area (Å²) in [5.74, 6) is 1.30. The van der Waals surface area contributed by atoms with Crippen LogP contribution in [0.2, 0.25) is 0 Å². The minimum absolute atomic E-state index is 0.00819. The fraction of sp³-hybridized carbons (Fsp3) is 0.600. The molecule has 1 aromatic rings. The average molecular weight is 295 g/mol. The first kappa shape index (κ1) is 16.8. The van der Waals surface area contributed by atoms with E-state index in [1.165, 1.54) is 0 Å². The number of nitrogens with zero attached hydrogens (tertiary/aromatic N) is 2. The second-order valence-electron chi connectivity index (χ2n) is 6.14. The second-order valence-corrected chi connectivity index (χ2v) is 7.05. The summed E-state index contributed by atoms with van der Waals surface area (Å²) in [7, 11) is 1.83. The van der Waals surface area contributed by atoms with Crippen LogP contribution in [-0.4, -0.2) is 40.9 Å². The molecule has 0 saturated heterocycles. The highest BCUT2D eigenvalue weighted by atomic mass is 32.2. The van der Waals surface area contributed by atoms with Gasteiger partial charge in [0.25, 0.3) is 5.91 Å². The van der Waals surface area contributed by atoms with Gasteiger partial charge >= 0.3 is 0 Å². The van der Waals surface area contributed by atoms with E-state index in [0.29, 0.717) is 11.4 Å². The summed E-state index contributed by atoms with van der Waals surface area (Å²) < 4.78 is 0. The highest BCUT2D eigenvalue weighted by molar-refractivity contribution is 7.98. The van der Waals surface area contributed by atoms with Gasteiger partial charge in [-0.25, -0.2) is 4.98 Å². The van der Waals surface area contributed by atoms with Crippen molar-refractivity contribution in [3.05, 3.63) is 23.4 Å². The number of nitrogens with two attached hydrogens (primary N) is 1. The maximum atomic E-state index is 12.5. The van der Waals surface area contributed by atoms with Crippen molar-refractivity contribution in [1.29, 1.82) is 0 Å². The van der Waals surface area contributed by atoms with Gasteiger partial charge in [-0.3, -0.25) is 4.79 Å². The first-order chi connectivity index (χ1) is 9.16. The predicted molar refractivity (Wildman–Crippen MR) is 87.3 cm³/mol. The van der Waals surface area contributed by atoms with Crippen LogP contribution in [-0.2, 0) is 5.41 Å². The summed E-state index contributed by atoms with van der Waals surface area (Å²) in [5, 5.41) is 0. The lowest BCUT2D eigenvalue weighted by atomic mass is 9.90. The standard InChI is InChI=1S/C15H25N3OS/c1-10(9-20-6)18(5)14(19)11-7-12(15(2,3)4)17-13(16)8-11/h7-8,10H,9H2,1-6H3,(H2,16,17).